The molecular weight excluding hydrogens is 658 g/mol. The maximum atomic E-state index is 12.7. The standard InChI is InChI=1S/C28H55N7O14/c1-34-7-9-4-13(38)16(32)26(44-9)47-22-10(31)5-11(35-25(43)12(37)2-3-29)18(39)24(22)49-28-21(42)23(15(8-36)46-28)48-27-17(33)20(41)19(40)14(6-30)45-27/h9-24,26-28,34,36-42H,2-8,29-33H2,1H3,(H,35,43)/t9-,10-,11+,12-,13+,14-,15+,16+,17+,18-,19+,20+,21+,22+,23+,24+,26+,27+,28-/m0/s1. The fraction of sp³-hybridized carbons (Fsp3) is 0.964. The van der Waals surface area contributed by atoms with Gasteiger partial charge in [-0.05, 0) is 26.4 Å². The van der Waals surface area contributed by atoms with E-state index in [0.29, 0.717) is 6.54 Å². The molecule has 0 radical (unpaired) electrons. The lowest BCUT2D eigenvalue weighted by Crippen LogP contribution is -2.67. The number of amides is 1. The molecule has 0 bridgehead atoms. The number of carbonyl (C=O) groups is 1. The van der Waals surface area contributed by atoms with Crippen LogP contribution in [0.3, 0.4) is 0 Å². The van der Waals surface area contributed by atoms with Crippen LogP contribution < -0.4 is 39.3 Å². The van der Waals surface area contributed by atoms with Crippen molar-refractivity contribution in [2.45, 2.75) is 136 Å². The molecule has 4 aliphatic rings. The monoisotopic (exact) mass is 713 g/mol. The van der Waals surface area contributed by atoms with E-state index in [-0.39, 0.29) is 32.4 Å². The molecule has 4 fully saturated rings. The van der Waals surface area contributed by atoms with Gasteiger partial charge >= 0.3 is 0 Å². The highest BCUT2D eigenvalue weighted by Gasteiger charge is 2.54. The highest BCUT2D eigenvalue weighted by molar-refractivity contribution is 5.80. The van der Waals surface area contributed by atoms with Gasteiger partial charge in [0.05, 0.1) is 36.9 Å². The number of aliphatic hydroxyl groups excluding tert-OH is 7. The Bertz CT molecular complexity index is 1040. The molecule has 0 unspecified atom stereocenters. The molecule has 1 aliphatic carbocycles. The first kappa shape index (κ1) is 40.5. The molecule has 19 atom stereocenters. The normalized spacial score (nSPS) is 46.8. The van der Waals surface area contributed by atoms with Gasteiger partial charge in [-0.25, -0.2) is 0 Å². The summed E-state index contributed by atoms with van der Waals surface area (Å²) >= 11 is 0. The number of carbonyl (C=O) groups excluding carboxylic acids is 1. The summed E-state index contributed by atoms with van der Waals surface area (Å²) in [7, 11) is 1.70. The molecular formula is C28H55N7O14. The molecule has 4 rings (SSSR count). The number of nitrogens with two attached hydrogens (primary N) is 5. The van der Waals surface area contributed by atoms with Gasteiger partial charge in [0.25, 0.3) is 0 Å². The smallest absolute Gasteiger partial charge is 0.249 e. The second-order valence-corrected chi connectivity index (χ2v) is 13.0. The van der Waals surface area contributed by atoms with Crippen LogP contribution >= 0.6 is 0 Å². The van der Waals surface area contributed by atoms with Crippen LogP contribution in [0, 0.1) is 0 Å². The van der Waals surface area contributed by atoms with Crippen molar-refractivity contribution in [3.8, 4) is 0 Å². The molecule has 19 N–H and O–H groups in total. The molecule has 0 aromatic carbocycles. The second-order valence-electron chi connectivity index (χ2n) is 13.0. The zero-order valence-electron chi connectivity index (χ0n) is 27.3. The number of likely N-dealkylation sites (N-methyl/N-ethyl adjacent to an activating group) is 1. The number of aliphatic hydroxyl groups is 7. The van der Waals surface area contributed by atoms with E-state index >= 15 is 0 Å². The lowest BCUT2D eigenvalue weighted by atomic mass is 9.83. The summed E-state index contributed by atoms with van der Waals surface area (Å²) in [5.74, 6) is -0.812. The first-order valence-corrected chi connectivity index (χ1v) is 16.5. The van der Waals surface area contributed by atoms with Gasteiger partial charge in [0, 0.05) is 25.6 Å². The molecule has 1 amide bonds. The SMILES string of the molecule is CNC[C@@H]1C[C@@H](O)[C@@H](N)[C@@H](O[C@H]2[C@H](O[C@@H]3O[C@H](CO)[C@@H](O[C@H]4O[C@@H](CN)[C@@H](O)[C@H](O)[C@H]4N)[C@H]3O)[C@@H](O)[C@H](NC(=O)[C@@H](O)CCN)C[C@@H]2N)O1. The largest absolute Gasteiger partial charge is 0.394 e. The molecule has 21 nitrogen and oxygen atoms in total. The Labute approximate surface area is 283 Å². The fourth-order valence-electron chi connectivity index (χ4n) is 6.58. The minimum atomic E-state index is -1.67. The van der Waals surface area contributed by atoms with E-state index in [9.17, 15) is 40.5 Å². The number of rotatable bonds is 14. The van der Waals surface area contributed by atoms with Gasteiger partial charge in [0.1, 0.15) is 61.0 Å². The first-order valence-electron chi connectivity index (χ1n) is 16.5. The third-order valence-electron chi connectivity index (χ3n) is 9.44. The highest BCUT2D eigenvalue weighted by atomic mass is 16.8. The Morgan fingerprint density at radius 2 is 1.45 bits per heavy atom. The quantitative estimate of drug-likeness (QED) is 0.0794. The van der Waals surface area contributed by atoms with E-state index in [1.807, 2.05) is 0 Å². The lowest BCUT2D eigenvalue weighted by Gasteiger charge is -2.47. The predicted octanol–water partition coefficient (Wildman–Crippen LogP) is -8.74. The van der Waals surface area contributed by atoms with Crippen molar-refractivity contribution >= 4 is 5.91 Å². The molecule has 21 heteroatoms. The second kappa shape index (κ2) is 18.0. The van der Waals surface area contributed by atoms with Crippen LogP contribution in [0.4, 0.5) is 0 Å². The van der Waals surface area contributed by atoms with Crippen molar-refractivity contribution in [2.24, 2.45) is 28.7 Å². The van der Waals surface area contributed by atoms with Gasteiger partial charge in [-0.2, -0.15) is 0 Å². The third-order valence-corrected chi connectivity index (χ3v) is 9.44. The summed E-state index contributed by atoms with van der Waals surface area (Å²) < 4.78 is 35.5. The summed E-state index contributed by atoms with van der Waals surface area (Å²) in [6, 6.07) is -4.35. The number of hydrogen-bond donors (Lipinski definition) is 14. The van der Waals surface area contributed by atoms with Gasteiger partial charge in [0.2, 0.25) is 5.91 Å². The molecule has 0 spiro atoms. The molecule has 1 saturated carbocycles. The Balaban J connectivity index is 1.56. The van der Waals surface area contributed by atoms with Gasteiger partial charge in [-0.1, -0.05) is 0 Å². The number of nitrogens with one attached hydrogen (secondary N) is 2. The number of hydrogen-bond acceptors (Lipinski definition) is 20. The molecule has 49 heavy (non-hydrogen) atoms. The molecule has 0 aromatic heterocycles. The zero-order valence-corrected chi connectivity index (χ0v) is 27.3. The van der Waals surface area contributed by atoms with E-state index in [1.165, 1.54) is 0 Å². The van der Waals surface area contributed by atoms with Crippen LogP contribution in [-0.2, 0) is 33.2 Å². The first-order chi connectivity index (χ1) is 23.3. The molecule has 0 aromatic rings. The zero-order chi connectivity index (χ0) is 36.2. The summed E-state index contributed by atoms with van der Waals surface area (Å²) in [5.41, 5.74) is 29.9. The lowest BCUT2D eigenvalue weighted by molar-refractivity contribution is -0.296. The predicted molar refractivity (Wildman–Crippen MR) is 165 cm³/mol. The van der Waals surface area contributed by atoms with E-state index in [0.717, 1.165) is 0 Å². The van der Waals surface area contributed by atoms with E-state index in [1.54, 1.807) is 7.05 Å². The average Bonchev–Trinajstić information content (AvgIpc) is 3.36. The minimum absolute atomic E-state index is 0.0282. The molecule has 3 heterocycles. The van der Waals surface area contributed by atoms with Crippen LogP contribution in [0.25, 0.3) is 0 Å². The maximum absolute atomic E-state index is 12.7. The van der Waals surface area contributed by atoms with Gasteiger partial charge in [0.15, 0.2) is 18.9 Å². The Kier molecular flexibility index (Phi) is 14.8. The van der Waals surface area contributed by atoms with Crippen LogP contribution in [0.1, 0.15) is 19.3 Å². The molecule has 286 valence electrons. The highest BCUT2D eigenvalue weighted by Crippen LogP contribution is 2.34. The van der Waals surface area contributed by atoms with E-state index in [4.69, 9.17) is 57.1 Å². The van der Waals surface area contributed by atoms with Crippen molar-refractivity contribution in [3.05, 3.63) is 0 Å². The van der Waals surface area contributed by atoms with Crippen LogP contribution in [0.2, 0.25) is 0 Å². The third kappa shape index (κ3) is 9.21. The summed E-state index contributed by atoms with van der Waals surface area (Å²) in [5, 5.41) is 79.9. The van der Waals surface area contributed by atoms with E-state index in [2.05, 4.69) is 10.6 Å². The van der Waals surface area contributed by atoms with Gasteiger partial charge in [-0.15, -0.1) is 0 Å². The molecule has 3 aliphatic heterocycles. The van der Waals surface area contributed by atoms with Crippen molar-refractivity contribution in [3.63, 3.8) is 0 Å². The average molecular weight is 714 g/mol. The van der Waals surface area contributed by atoms with Crippen molar-refractivity contribution in [1.82, 2.24) is 10.6 Å². The summed E-state index contributed by atoms with van der Waals surface area (Å²) in [6.45, 7) is -0.479. The van der Waals surface area contributed by atoms with E-state index < -0.39 is 129 Å². The van der Waals surface area contributed by atoms with Crippen molar-refractivity contribution in [2.75, 3.05) is 33.3 Å². The van der Waals surface area contributed by atoms with Crippen molar-refractivity contribution in [1.29, 1.82) is 0 Å². The maximum Gasteiger partial charge on any atom is 0.249 e. The van der Waals surface area contributed by atoms with Gasteiger partial charge < -0.3 is 103 Å². The Hall–Kier alpha value is -1.29. The topological polar surface area (TPSA) is 368 Å². The minimum Gasteiger partial charge on any atom is -0.394 e. The van der Waals surface area contributed by atoms with Crippen molar-refractivity contribution < 1.29 is 69.0 Å². The fourth-order valence-corrected chi connectivity index (χ4v) is 6.58. The Morgan fingerprint density at radius 1 is 0.816 bits per heavy atom. The van der Waals surface area contributed by atoms with Crippen LogP contribution in [0.5, 0.6) is 0 Å². The van der Waals surface area contributed by atoms with Gasteiger partial charge in [-0.3, -0.25) is 4.79 Å². The summed E-state index contributed by atoms with van der Waals surface area (Å²) in [6.07, 6.45) is -19.6. The van der Waals surface area contributed by atoms with Crippen LogP contribution in [0.15, 0.2) is 0 Å². The number of ether oxygens (including phenoxy) is 6. The summed E-state index contributed by atoms with van der Waals surface area (Å²) in [4.78, 5) is 12.7. The Morgan fingerprint density at radius 3 is 2.08 bits per heavy atom. The van der Waals surface area contributed by atoms with Crippen LogP contribution in [-0.4, -0.2) is 191 Å². The molecule has 3 saturated heterocycles.